The molecule has 31 heavy (non-hydrogen) atoms. The third-order valence-corrected chi connectivity index (χ3v) is 5.97. The van der Waals surface area contributed by atoms with Crippen LogP contribution in [0.25, 0.3) is 0 Å². The van der Waals surface area contributed by atoms with Crippen LogP contribution >= 0.6 is 0 Å². The Hall–Kier alpha value is -2.41. The molecule has 0 spiro atoms. The second kappa shape index (κ2) is 10.3. The van der Waals surface area contributed by atoms with Gasteiger partial charge in [0.2, 0.25) is 0 Å². The van der Waals surface area contributed by atoms with Crippen molar-refractivity contribution >= 4 is 11.7 Å². The Morgan fingerprint density at radius 3 is 2.68 bits per heavy atom. The number of carbonyl (C=O) groups is 1. The Balaban J connectivity index is 1.82. The molecule has 7 heteroatoms. The van der Waals surface area contributed by atoms with Crippen molar-refractivity contribution in [2.75, 3.05) is 31.1 Å². The van der Waals surface area contributed by atoms with Crippen molar-refractivity contribution in [3.05, 3.63) is 53.6 Å². The van der Waals surface area contributed by atoms with Gasteiger partial charge in [-0.05, 0) is 69.0 Å². The number of aliphatic hydroxyl groups excluding tert-OH is 1. The van der Waals surface area contributed by atoms with Crippen molar-refractivity contribution in [2.45, 2.75) is 58.2 Å². The van der Waals surface area contributed by atoms with Crippen LogP contribution in [0.4, 0.5) is 19.3 Å². The van der Waals surface area contributed by atoms with Gasteiger partial charge in [-0.1, -0.05) is 13.0 Å². The Morgan fingerprint density at radius 1 is 1.19 bits per heavy atom. The van der Waals surface area contributed by atoms with Crippen molar-refractivity contribution < 1.29 is 18.7 Å². The molecule has 0 aromatic heterocycles. The van der Waals surface area contributed by atoms with Crippen molar-refractivity contribution in [3.63, 3.8) is 0 Å². The Kier molecular flexibility index (Phi) is 7.70. The van der Waals surface area contributed by atoms with Crippen LogP contribution in [-0.4, -0.2) is 65.3 Å². The van der Waals surface area contributed by atoms with E-state index >= 15 is 0 Å². The zero-order valence-corrected chi connectivity index (χ0v) is 18.6. The zero-order valence-electron chi connectivity index (χ0n) is 18.6. The second-order valence-corrected chi connectivity index (χ2v) is 8.58. The third kappa shape index (κ3) is 5.64. The minimum atomic E-state index is -0.796. The van der Waals surface area contributed by atoms with Gasteiger partial charge in [0.1, 0.15) is 11.6 Å². The maximum atomic E-state index is 14.1. The highest BCUT2D eigenvalue weighted by Crippen LogP contribution is 2.28. The highest BCUT2D eigenvalue weighted by atomic mass is 19.1. The SMILES string of the molecule is CCC1/C=C\C(F)=C/Cc2cc(F)ccc2N1CC(O)CN1CCCN(C(C)C)C1=O. The zero-order chi connectivity index (χ0) is 22.5. The second-order valence-electron chi connectivity index (χ2n) is 8.58. The first-order chi connectivity index (χ1) is 14.8. The van der Waals surface area contributed by atoms with Crippen LogP contribution in [0.2, 0.25) is 0 Å². The lowest BCUT2D eigenvalue weighted by Gasteiger charge is -2.40. The summed E-state index contributed by atoms with van der Waals surface area (Å²) >= 11 is 0. The molecule has 2 atom stereocenters. The number of hydrogen-bond donors (Lipinski definition) is 1. The molecular weight excluding hydrogens is 400 g/mol. The van der Waals surface area contributed by atoms with Gasteiger partial charge < -0.3 is 19.8 Å². The number of halogens is 2. The number of fused-ring (bicyclic) bond motifs is 1. The Bertz CT molecular complexity index is 840. The molecule has 2 aliphatic rings. The molecule has 2 unspecified atom stereocenters. The van der Waals surface area contributed by atoms with Crippen LogP contribution in [0.3, 0.4) is 0 Å². The van der Waals surface area contributed by atoms with Crippen LogP contribution < -0.4 is 4.90 Å². The fourth-order valence-corrected chi connectivity index (χ4v) is 4.34. The maximum Gasteiger partial charge on any atom is 0.320 e. The van der Waals surface area contributed by atoms with Gasteiger partial charge in [0.15, 0.2) is 0 Å². The number of allylic oxidation sites excluding steroid dienone is 3. The van der Waals surface area contributed by atoms with E-state index in [2.05, 4.69) is 0 Å². The van der Waals surface area contributed by atoms with E-state index in [9.17, 15) is 18.7 Å². The van der Waals surface area contributed by atoms with Gasteiger partial charge in [0.05, 0.1) is 12.6 Å². The quantitative estimate of drug-likeness (QED) is 0.729. The summed E-state index contributed by atoms with van der Waals surface area (Å²) in [7, 11) is 0. The average molecular weight is 434 g/mol. The van der Waals surface area contributed by atoms with Crippen molar-refractivity contribution in [1.29, 1.82) is 0 Å². The lowest BCUT2D eigenvalue weighted by atomic mass is 10.0. The maximum absolute atomic E-state index is 14.1. The third-order valence-electron chi connectivity index (χ3n) is 5.97. The van der Waals surface area contributed by atoms with E-state index in [1.54, 1.807) is 17.0 Å². The minimum absolute atomic E-state index is 0.0505. The molecule has 1 N–H and O–H groups in total. The number of anilines is 1. The largest absolute Gasteiger partial charge is 0.389 e. The van der Waals surface area contributed by atoms with Crippen molar-refractivity contribution in [1.82, 2.24) is 9.80 Å². The summed E-state index contributed by atoms with van der Waals surface area (Å²) in [5, 5.41) is 10.9. The normalized spacial score (nSPS) is 23.6. The van der Waals surface area contributed by atoms with E-state index in [1.807, 2.05) is 30.6 Å². The number of hydrogen-bond acceptors (Lipinski definition) is 3. The van der Waals surface area contributed by atoms with Crippen molar-refractivity contribution in [3.8, 4) is 0 Å². The number of urea groups is 1. The number of nitrogens with zero attached hydrogens (tertiary/aromatic N) is 3. The molecule has 5 nitrogen and oxygen atoms in total. The van der Waals surface area contributed by atoms with E-state index in [1.165, 1.54) is 24.3 Å². The molecule has 1 fully saturated rings. The summed E-state index contributed by atoms with van der Waals surface area (Å²) in [6.07, 6.45) is 5.68. The standard InChI is InChI=1S/C24H33F2N3O2/c1-4-21-10-8-19(25)7-6-18-14-20(26)9-11-23(18)29(21)16-22(30)15-27-12-5-13-28(17(2)3)24(27)31/h7-11,14,17,21-22,30H,4-6,12-13,15-16H2,1-3H3/b10-8-,19-7+. The number of amides is 2. The molecule has 0 saturated carbocycles. The molecule has 170 valence electrons. The lowest BCUT2D eigenvalue weighted by molar-refractivity contribution is 0.0802. The first kappa shape index (κ1) is 23.3. The van der Waals surface area contributed by atoms with E-state index in [0.29, 0.717) is 18.5 Å². The predicted octanol–water partition coefficient (Wildman–Crippen LogP) is 4.27. The number of aliphatic hydroxyl groups is 1. The Morgan fingerprint density at radius 2 is 1.97 bits per heavy atom. The number of rotatable bonds is 6. The average Bonchev–Trinajstić information content (AvgIpc) is 2.78. The molecular formula is C24H33F2N3O2. The molecule has 0 aliphatic carbocycles. The van der Waals surface area contributed by atoms with Gasteiger partial charge in [-0.15, -0.1) is 0 Å². The van der Waals surface area contributed by atoms with E-state index in [4.69, 9.17) is 0 Å². The Labute approximate surface area is 183 Å². The van der Waals surface area contributed by atoms with E-state index in [0.717, 1.165) is 18.7 Å². The fourth-order valence-electron chi connectivity index (χ4n) is 4.34. The molecule has 2 heterocycles. The highest BCUT2D eigenvalue weighted by molar-refractivity contribution is 5.75. The van der Waals surface area contributed by atoms with Crippen LogP contribution in [-0.2, 0) is 6.42 Å². The van der Waals surface area contributed by atoms with Crippen LogP contribution in [0.1, 0.15) is 39.2 Å². The van der Waals surface area contributed by atoms with Gasteiger partial charge in [-0.3, -0.25) is 0 Å². The summed E-state index contributed by atoms with van der Waals surface area (Å²) in [6.45, 7) is 7.80. The summed E-state index contributed by atoms with van der Waals surface area (Å²) in [6, 6.07) is 4.40. The summed E-state index contributed by atoms with van der Waals surface area (Å²) in [4.78, 5) is 18.3. The molecule has 0 radical (unpaired) electrons. The molecule has 1 saturated heterocycles. The monoisotopic (exact) mass is 433 g/mol. The molecule has 1 aromatic rings. The van der Waals surface area contributed by atoms with Gasteiger partial charge in [-0.2, -0.15) is 0 Å². The molecule has 1 aromatic carbocycles. The first-order valence-corrected chi connectivity index (χ1v) is 11.1. The highest BCUT2D eigenvalue weighted by Gasteiger charge is 2.30. The minimum Gasteiger partial charge on any atom is -0.389 e. The van der Waals surface area contributed by atoms with Gasteiger partial charge >= 0.3 is 6.03 Å². The molecule has 2 amide bonds. The lowest BCUT2D eigenvalue weighted by Crippen LogP contribution is -2.54. The van der Waals surface area contributed by atoms with Crippen LogP contribution in [0.15, 0.2) is 42.3 Å². The van der Waals surface area contributed by atoms with Crippen LogP contribution in [0.5, 0.6) is 0 Å². The molecule has 2 aliphatic heterocycles. The van der Waals surface area contributed by atoms with Crippen molar-refractivity contribution in [2.24, 2.45) is 0 Å². The summed E-state index contributed by atoms with van der Waals surface area (Å²) in [5.74, 6) is -0.732. The summed E-state index contributed by atoms with van der Waals surface area (Å²) < 4.78 is 28.0. The molecule has 0 bridgehead atoms. The fraction of sp³-hybridized carbons (Fsp3) is 0.542. The first-order valence-electron chi connectivity index (χ1n) is 11.1. The van der Waals surface area contributed by atoms with Gasteiger partial charge in [-0.25, -0.2) is 13.6 Å². The molecule has 3 rings (SSSR count). The smallest absolute Gasteiger partial charge is 0.320 e. The van der Waals surface area contributed by atoms with Gasteiger partial charge in [0.25, 0.3) is 0 Å². The number of benzene rings is 1. The van der Waals surface area contributed by atoms with E-state index < -0.39 is 6.10 Å². The number of β-amino-alcohol motifs (C(OH)–C–C–N with tert-alkyl or cyclic N) is 1. The topological polar surface area (TPSA) is 47.0 Å². The summed E-state index contributed by atoms with van der Waals surface area (Å²) in [5.41, 5.74) is 1.45. The van der Waals surface area contributed by atoms with Gasteiger partial charge in [0, 0.05) is 37.4 Å². The van der Waals surface area contributed by atoms with Crippen LogP contribution in [0, 0.1) is 5.82 Å². The number of carbonyl (C=O) groups excluding carboxylic acids is 1. The predicted molar refractivity (Wildman–Crippen MR) is 119 cm³/mol. The van der Waals surface area contributed by atoms with E-state index in [-0.39, 0.29) is 49.3 Å².